The molecule has 0 radical (unpaired) electrons. The van der Waals surface area contributed by atoms with Crippen molar-refractivity contribution < 1.29 is 0 Å². The third-order valence-corrected chi connectivity index (χ3v) is 4.67. The van der Waals surface area contributed by atoms with E-state index in [0.29, 0.717) is 6.04 Å². The first-order chi connectivity index (χ1) is 9.81. The normalized spacial score (nSPS) is 18.2. The fraction of sp³-hybridized carbons (Fsp3) is 0.474. The fourth-order valence-corrected chi connectivity index (χ4v) is 3.60. The van der Waals surface area contributed by atoms with E-state index < -0.39 is 0 Å². The van der Waals surface area contributed by atoms with Gasteiger partial charge in [-0.15, -0.1) is 0 Å². The zero-order valence-corrected chi connectivity index (χ0v) is 12.2. The molecule has 2 aromatic rings. The molecule has 1 heteroatoms. The first kappa shape index (κ1) is 13.6. The summed E-state index contributed by atoms with van der Waals surface area (Å²) in [5, 5.41) is 2.65. The monoisotopic (exact) mass is 267 g/mol. The topological polar surface area (TPSA) is 26.0 Å². The van der Waals surface area contributed by atoms with Crippen LogP contribution >= 0.6 is 0 Å². The highest BCUT2D eigenvalue weighted by molar-refractivity contribution is 5.82. The summed E-state index contributed by atoms with van der Waals surface area (Å²) in [6, 6.07) is 15.6. The van der Waals surface area contributed by atoms with Crippen molar-refractivity contribution in [2.75, 3.05) is 0 Å². The summed E-state index contributed by atoms with van der Waals surface area (Å²) >= 11 is 0. The SMILES string of the molecule is NC(Cc1ccc2ccccc2c1)CC1CCCCC1. The van der Waals surface area contributed by atoms with Gasteiger partial charge in [0.25, 0.3) is 0 Å². The number of hydrogen-bond acceptors (Lipinski definition) is 1. The molecule has 0 spiro atoms. The van der Waals surface area contributed by atoms with E-state index in [-0.39, 0.29) is 0 Å². The van der Waals surface area contributed by atoms with E-state index in [1.807, 2.05) is 0 Å². The van der Waals surface area contributed by atoms with E-state index in [9.17, 15) is 0 Å². The highest BCUT2D eigenvalue weighted by atomic mass is 14.6. The van der Waals surface area contributed by atoms with Crippen LogP contribution in [0.25, 0.3) is 10.8 Å². The molecule has 0 aromatic heterocycles. The summed E-state index contributed by atoms with van der Waals surface area (Å²) in [7, 11) is 0. The van der Waals surface area contributed by atoms with Gasteiger partial charge < -0.3 is 5.73 Å². The van der Waals surface area contributed by atoms with Crippen molar-refractivity contribution in [1.82, 2.24) is 0 Å². The van der Waals surface area contributed by atoms with Crippen LogP contribution in [0.5, 0.6) is 0 Å². The van der Waals surface area contributed by atoms with Crippen molar-refractivity contribution in [2.45, 2.75) is 51.0 Å². The van der Waals surface area contributed by atoms with Gasteiger partial charge in [-0.1, -0.05) is 74.6 Å². The predicted molar refractivity (Wildman–Crippen MR) is 86.8 cm³/mol. The lowest BCUT2D eigenvalue weighted by Crippen LogP contribution is -2.27. The van der Waals surface area contributed by atoms with Crippen molar-refractivity contribution >= 4 is 10.8 Å². The summed E-state index contributed by atoms with van der Waals surface area (Å²) in [4.78, 5) is 0. The van der Waals surface area contributed by atoms with Crippen LogP contribution in [0.3, 0.4) is 0 Å². The zero-order chi connectivity index (χ0) is 13.8. The number of nitrogens with two attached hydrogens (primary N) is 1. The third-order valence-electron chi connectivity index (χ3n) is 4.67. The van der Waals surface area contributed by atoms with Gasteiger partial charge in [0.2, 0.25) is 0 Å². The van der Waals surface area contributed by atoms with Gasteiger partial charge in [0.05, 0.1) is 0 Å². The second-order valence-corrected chi connectivity index (χ2v) is 6.39. The quantitative estimate of drug-likeness (QED) is 0.855. The van der Waals surface area contributed by atoms with E-state index in [0.717, 1.165) is 12.3 Å². The second kappa shape index (κ2) is 6.41. The molecular weight excluding hydrogens is 242 g/mol. The maximum atomic E-state index is 6.38. The molecular formula is C19H25N. The highest BCUT2D eigenvalue weighted by Crippen LogP contribution is 2.27. The second-order valence-electron chi connectivity index (χ2n) is 6.39. The average molecular weight is 267 g/mol. The van der Waals surface area contributed by atoms with Crippen LogP contribution in [0.15, 0.2) is 42.5 Å². The van der Waals surface area contributed by atoms with Crippen LogP contribution in [-0.4, -0.2) is 6.04 Å². The molecule has 3 rings (SSSR count). The van der Waals surface area contributed by atoms with Crippen LogP contribution < -0.4 is 5.73 Å². The number of fused-ring (bicyclic) bond motifs is 1. The minimum Gasteiger partial charge on any atom is -0.327 e. The van der Waals surface area contributed by atoms with Crippen molar-refractivity contribution in [3.8, 4) is 0 Å². The van der Waals surface area contributed by atoms with Gasteiger partial charge in [0.15, 0.2) is 0 Å². The molecule has 2 aromatic carbocycles. The molecule has 0 aliphatic heterocycles. The molecule has 1 saturated carbocycles. The Hall–Kier alpha value is -1.34. The Morgan fingerprint density at radius 1 is 0.950 bits per heavy atom. The Kier molecular flexibility index (Phi) is 4.37. The predicted octanol–water partition coefficient (Wildman–Crippen LogP) is 4.68. The standard InChI is InChI=1S/C19H25N/c20-19(13-15-6-2-1-3-7-15)14-16-10-11-17-8-4-5-9-18(17)12-16/h4-5,8-12,15,19H,1-3,6-7,13-14,20H2. The van der Waals surface area contributed by atoms with Crippen LogP contribution in [0, 0.1) is 5.92 Å². The Balaban J connectivity index is 1.62. The minimum absolute atomic E-state index is 0.319. The van der Waals surface area contributed by atoms with Gasteiger partial charge >= 0.3 is 0 Å². The molecule has 106 valence electrons. The van der Waals surface area contributed by atoms with Crippen LogP contribution in [0.4, 0.5) is 0 Å². The fourth-order valence-electron chi connectivity index (χ4n) is 3.60. The van der Waals surface area contributed by atoms with E-state index >= 15 is 0 Å². The maximum absolute atomic E-state index is 6.38. The van der Waals surface area contributed by atoms with Crippen molar-refractivity contribution in [2.24, 2.45) is 11.7 Å². The zero-order valence-electron chi connectivity index (χ0n) is 12.2. The lowest BCUT2D eigenvalue weighted by Gasteiger charge is -2.24. The third kappa shape index (κ3) is 3.40. The van der Waals surface area contributed by atoms with Gasteiger partial charge in [-0.2, -0.15) is 0 Å². The molecule has 0 bridgehead atoms. The number of rotatable bonds is 4. The summed E-state index contributed by atoms with van der Waals surface area (Å²) < 4.78 is 0. The van der Waals surface area contributed by atoms with Gasteiger partial charge in [0, 0.05) is 6.04 Å². The summed E-state index contributed by atoms with van der Waals surface area (Å²) in [6.45, 7) is 0. The lowest BCUT2D eigenvalue weighted by atomic mass is 9.84. The van der Waals surface area contributed by atoms with E-state index in [2.05, 4.69) is 42.5 Å². The molecule has 20 heavy (non-hydrogen) atoms. The minimum atomic E-state index is 0.319. The molecule has 1 fully saturated rings. The smallest absolute Gasteiger partial charge is 0.00819 e. The number of hydrogen-bond donors (Lipinski definition) is 1. The molecule has 1 aliphatic rings. The van der Waals surface area contributed by atoms with Gasteiger partial charge in [-0.3, -0.25) is 0 Å². The summed E-state index contributed by atoms with van der Waals surface area (Å²) in [5.41, 5.74) is 7.76. The highest BCUT2D eigenvalue weighted by Gasteiger charge is 2.16. The Bertz CT molecular complexity index is 554. The molecule has 1 atom stereocenters. The Morgan fingerprint density at radius 2 is 1.70 bits per heavy atom. The summed E-state index contributed by atoms with van der Waals surface area (Å²) in [6.07, 6.45) is 9.25. The van der Waals surface area contributed by atoms with Crippen molar-refractivity contribution in [3.05, 3.63) is 48.0 Å². The molecule has 0 heterocycles. The molecule has 1 aliphatic carbocycles. The van der Waals surface area contributed by atoms with Crippen LogP contribution in [0.1, 0.15) is 44.1 Å². The lowest BCUT2D eigenvalue weighted by molar-refractivity contribution is 0.317. The number of benzene rings is 2. The van der Waals surface area contributed by atoms with Crippen molar-refractivity contribution in [3.63, 3.8) is 0 Å². The summed E-state index contributed by atoms with van der Waals surface area (Å²) in [5.74, 6) is 0.874. The maximum Gasteiger partial charge on any atom is 0.00819 e. The molecule has 2 N–H and O–H groups in total. The molecule has 0 amide bonds. The largest absolute Gasteiger partial charge is 0.327 e. The van der Waals surface area contributed by atoms with Crippen molar-refractivity contribution in [1.29, 1.82) is 0 Å². The van der Waals surface area contributed by atoms with E-state index in [4.69, 9.17) is 5.73 Å². The molecule has 0 saturated heterocycles. The molecule has 1 unspecified atom stereocenters. The van der Waals surface area contributed by atoms with E-state index in [1.165, 1.54) is 54.9 Å². The first-order valence-electron chi connectivity index (χ1n) is 8.04. The average Bonchev–Trinajstić information content (AvgIpc) is 2.48. The van der Waals surface area contributed by atoms with Gasteiger partial charge in [0.1, 0.15) is 0 Å². The first-order valence-corrected chi connectivity index (χ1v) is 8.04. The van der Waals surface area contributed by atoms with Crippen LogP contribution in [0.2, 0.25) is 0 Å². The van der Waals surface area contributed by atoms with Gasteiger partial charge in [-0.25, -0.2) is 0 Å². The Labute approximate surface area is 122 Å². The molecule has 1 nitrogen and oxygen atoms in total. The van der Waals surface area contributed by atoms with Crippen LogP contribution in [-0.2, 0) is 6.42 Å². The van der Waals surface area contributed by atoms with E-state index in [1.54, 1.807) is 0 Å². The van der Waals surface area contributed by atoms with Gasteiger partial charge in [-0.05, 0) is 35.1 Å². The Morgan fingerprint density at radius 3 is 2.50 bits per heavy atom.